The maximum atomic E-state index is 12.2. The fraction of sp³-hybridized carbons (Fsp3) is 0.400. The molecule has 112 valence electrons. The first-order chi connectivity index (χ1) is 10.1. The van der Waals surface area contributed by atoms with Crippen molar-refractivity contribution in [2.24, 2.45) is 0 Å². The van der Waals surface area contributed by atoms with Crippen LogP contribution in [0.15, 0.2) is 18.2 Å². The van der Waals surface area contributed by atoms with E-state index in [-0.39, 0.29) is 30.3 Å². The van der Waals surface area contributed by atoms with E-state index in [1.807, 2.05) is 0 Å². The van der Waals surface area contributed by atoms with E-state index < -0.39 is 0 Å². The number of benzene rings is 1. The lowest BCUT2D eigenvalue weighted by Crippen LogP contribution is -2.15. The highest BCUT2D eigenvalue weighted by Gasteiger charge is 2.35. The summed E-state index contributed by atoms with van der Waals surface area (Å²) in [6.07, 6.45) is 0.847. The van der Waals surface area contributed by atoms with Crippen LogP contribution in [-0.2, 0) is 9.53 Å². The molecule has 1 aromatic carbocycles. The van der Waals surface area contributed by atoms with Crippen molar-refractivity contribution in [3.05, 3.63) is 29.0 Å². The van der Waals surface area contributed by atoms with Crippen molar-refractivity contribution in [3.63, 3.8) is 0 Å². The monoisotopic (exact) mass is 291 g/mol. The number of fused-ring (bicyclic) bond motifs is 1. The van der Waals surface area contributed by atoms with Crippen molar-refractivity contribution in [3.8, 4) is 5.75 Å². The lowest BCUT2D eigenvalue weighted by atomic mass is 10.0. The van der Waals surface area contributed by atoms with Gasteiger partial charge in [0.15, 0.2) is 0 Å². The summed E-state index contributed by atoms with van der Waals surface area (Å²) in [6.45, 7) is 2.06. The number of ketones is 1. The molecule has 1 aliphatic heterocycles. The molecule has 0 saturated carbocycles. The van der Waals surface area contributed by atoms with Gasteiger partial charge in [0.2, 0.25) is 11.4 Å². The largest absolute Gasteiger partial charge is 0.618 e. The zero-order valence-electron chi connectivity index (χ0n) is 12.0. The highest BCUT2D eigenvalue weighted by Crippen LogP contribution is 2.30. The predicted molar refractivity (Wildman–Crippen MR) is 76.1 cm³/mol. The molecule has 6 heteroatoms. The van der Waals surface area contributed by atoms with E-state index in [2.05, 4.69) is 0 Å². The molecule has 0 amide bonds. The molecule has 6 nitrogen and oxygen atoms in total. The Bertz CT molecular complexity index is 606. The van der Waals surface area contributed by atoms with Gasteiger partial charge in [0.05, 0.1) is 13.7 Å². The van der Waals surface area contributed by atoms with Crippen LogP contribution >= 0.6 is 0 Å². The van der Waals surface area contributed by atoms with Gasteiger partial charge < -0.3 is 14.7 Å². The number of esters is 1. The van der Waals surface area contributed by atoms with Gasteiger partial charge in [0, 0.05) is 18.9 Å². The summed E-state index contributed by atoms with van der Waals surface area (Å²) in [5.41, 5.74) is 0.824. The summed E-state index contributed by atoms with van der Waals surface area (Å²) in [7, 11) is 1.50. The Morgan fingerprint density at radius 3 is 2.81 bits per heavy atom. The highest BCUT2D eigenvalue weighted by atomic mass is 16.5. The summed E-state index contributed by atoms with van der Waals surface area (Å²) in [5, 5.41) is 12.1. The summed E-state index contributed by atoms with van der Waals surface area (Å²) >= 11 is 0. The summed E-state index contributed by atoms with van der Waals surface area (Å²) in [4.78, 5) is 23.5. The topological polar surface area (TPSA) is 78.7 Å². The lowest BCUT2D eigenvalue weighted by Gasteiger charge is -2.03. The van der Waals surface area contributed by atoms with E-state index in [1.165, 1.54) is 7.11 Å². The van der Waals surface area contributed by atoms with Gasteiger partial charge in [-0.25, -0.2) is 0 Å². The molecule has 0 N–H and O–H groups in total. The molecule has 21 heavy (non-hydrogen) atoms. The predicted octanol–water partition coefficient (Wildman–Crippen LogP) is 2.21. The van der Waals surface area contributed by atoms with Crippen LogP contribution in [0.2, 0.25) is 0 Å². The number of hydrogen-bond donors (Lipinski definition) is 0. The molecule has 0 radical (unpaired) electrons. The van der Waals surface area contributed by atoms with E-state index >= 15 is 0 Å². The molecule has 0 fully saturated rings. The Hall–Kier alpha value is -2.37. The molecular weight excluding hydrogens is 274 g/mol. The molecule has 0 spiro atoms. The molecular formula is C15H17NO5. The van der Waals surface area contributed by atoms with Crippen LogP contribution in [0.3, 0.4) is 0 Å². The minimum absolute atomic E-state index is 0.155. The van der Waals surface area contributed by atoms with Crippen molar-refractivity contribution >= 4 is 23.2 Å². The average molecular weight is 291 g/mol. The fourth-order valence-corrected chi connectivity index (χ4v) is 2.24. The molecule has 0 saturated heterocycles. The fourth-order valence-electron chi connectivity index (χ4n) is 2.24. The van der Waals surface area contributed by atoms with E-state index in [9.17, 15) is 14.8 Å². The Balaban J connectivity index is 2.07. The summed E-state index contributed by atoms with van der Waals surface area (Å²) in [6, 6.07) is 4.76. The van der Waals surface area contributed by atoms with E-state index in [0.29, 0.717) is 34.8 Å². The zero-order chi connectivity index (χ0) is 15.4. The number of nitrogens with zero attached hydrogens (tertiary/aromatic N) is 1. The first kappa shape index (κ1) is 15.0. The Morgan fingerprint density at radius 2 is 2.14 bits per heavy atom. The second kappa shape index (κ2) is 6.39. The zero-order valence-corrected chi connectivity index (χ0v) is 12.0. The third-order valence-electron chi connectivity index (χ3n) is 3.27. The standard InChI is InChI=1S/C15H17NO5/c1-3-21-14(17)6-4-5-13-15(18)11-9-10(20-2)7-8-12(11)16(13)19/h7-9H,3-6H2,1-2H3. The maximum Gasteiger partial charge on any atom is 0.305 e. The van der Waals surface area contributed by atoms with Crippen LogP contribution in [0, 0.1) is 5.21 Å². The molecule has 0 bridgehead atoms. The van der Waals surface area contributed by atoms with Gasteiger partial charge in [0.1, 0.15) is 11.3 Å². The minimum Gasteiger partial charge on any atom is -0.618 e. The Kier molecular flexibility index (Phi) is 4.57. The third-order valence-corrected chi connectivity index (χ3v) is 3.27. The Morgan fingerprint density at radius 1 is 1.38 bits per heavy atom. The smallest absolute Gasteiger partial charge is 0.305 e. The van der Waals surface area contributed by atoms with E-state index in [0.717, 1.165) is 0 Å². The molecule has 0 atom stereocenters. The van der Waals surface area contributed by atoms with Crippen molar-refractivity contribution < 1.29 is 23.8 Å². The van der Waals surface area contributed by atoms with Crippen LogP contribution in [0.1, 0.15) is 36.5 Å². The van der Waals surface area contributed by atoms with Gasteiger partial charge in [-0.1, -0.05) is 0 Å². The Labute approximate surface area is 122 Å². The van der Waals surface area contributed by atoms with Crippen LogP contribution in [-0.4, -0.2) is 35.9 Å². The van der Waals surface area contributed by atoms with Crippen molar-refractivity contribution in [2.45, 2.75) is 26.2 Å². The maximum absolute atomic E-state index is 12.2. The SMILES string of the molecule is CCOC(=O)CCCC1=[N+]([O-])c2ccc(OC)cc2C1=O. The molecule has 1 aliphatic rings. The molecule has 1 heterocycles. The van der Waals surface area contributed by atoms with Gasteiger partial charge in [-0.3, -0.25) is 9.59 Å². The first-order valence-electron chi connectivity index (χ1n) is 6.80. The van der Waals surface area contributed by atoms with Gasteiger partial charge in [-0.15, -0.1) is 0 Å². The quantitative estimate of drug-likeness (QED) is 0.456. The molecule has 1 aromatic rings. The highest BCUT2D eigenvalue weighted by molar-refractivity contribution is 6.47. The first-order valence-corrected chi connectivity index (χ1v) is 6.80. The van der Waals surface area contributed by atoms with Crippen LogP contribution < -0.4 is 4.74 Å². The van der Waals surface area contributed by atoms with Gasteiger partial charge >= 0.3 is 5.97 Å². The number of carbonyl (C=O) groups excluding carboxylic acids is 2. The van der Waals surface area contributed by atoms with Crippen molar-refractivity contribution in [1.29, 1.82) is 0 Å². The number of methoxy groups -OCH3 is 1. The van der Waals surface area contributed by atoms with E-state index in [4.69, 9.17) is 9.47 Å². The molecule has 0 aliphatic carbocycles. The van der Waals surface area contributed by atoms with Crippen molar-refractivity contribution in [1.82, 2.24) is 0 Å². The van der Waals surface area contributed by atoms with Crippen molar-refractivity contribution in [2.75, 3.05) is 13.7 Å². The minimum atomic E-state index is -0.319. The molecule has 0 unspecified atom stereocenters. The number of rotatable bonds is 6. The molecule has 2 rings (SSSR count). The second-order valence-corrected chi connectivity index (χ2v) is 4.61. The number of carbonyl (C=O) groups is 2. The molecule has 0 aromatic heterocycles. The average Bonchev–Trinajstić information content (AvgIpc) is 2.72. The van der Waals surface area contributed by atoms with Gasteiger partial charge in [-0.2, -0.15) is 4.74 Å². The number of hydrogen-bond acceptors (Lipinski definition) is 5. The van der Waals surface area contributed by atoms with Gasteiger partial charge in [0.25, 0.3) is 5.78 Å². The van der Waals surface area contributed by atoms with Crippen LogP contribution in [0.4, 0.5) is 5.69 Å². The summed E-state index contributed by atoms with van der Waals surface area (Å²) < 4.78 is 10.5. The lowest BCUT2D eigenvalue weighted by molar-refractivity contribution is -0.357. The van der Waals surface area contributed by atoms with Crippen LogP contribution in [0.5, 0.6) is 5.75 Å². The number of Topliss-reactive ketones (excluding diaryl/α,β-unsaturated/α-hetero) is 1. The van der Waals surface area contributed by atoms with Crippen LogP contribution in [0.25, 0.3) is 0 Å². The van der Waals surface area contributed by atoms with E-state index in [1.54, 1.807) is 25.1 Å². The number of ether oxygens (including phenoxy) is 2. The third kappa shape index (κ3) is 3.04. The normalized spacial score (nSPS) is 13.3. The summed E-state index contributed by atoms with van der Waals surface area (Å²) in [5.74, 6) is -0.0915. The van der Waals surface area contributed by atoms with Gasteiger partial charge in [-0.05, 0) is 25.5 Å². The second-order valence-electron chi connectivity index (χ2n) is 4.61.